The summed E-state index contributed by atoms with van der Waals surface area (Å²) in [6.45, 7) is 6.25. The van der Waals surface area contributed by atoms with Gasteiger partial charge in [0.1, 0.15) is 0 Å². The lowest BCUT2D eigenvalue weighted by molar-refractivity contribution is -0.116. The summed E-state index contributed by atoms with van der Waals surface area (Å²) in [6, 6.07) is 7.25. The second kappa shape index (κ2) is 11.6. The average molecular weight is 489 g/mol. The molecule has 0 saturated carbocycles. The lowest BCUT2D eigenvalue weighted by Gasteiger charge is -2.08. The quantitative estimate of drug-likeness (QED) is 0.254. The van der Waals surface area contributed by atoms with Gasteiger partial charge in [-0.2, -0.15) is 0 Å². The molecule has 166 valence electrons. The van der Waals surface area contributed by atoms with Crippen molar-refractivity contribution in [3.8, 4) is 0 Å². The Morgan fingerprint density at radius 3 is 2.84 bits per heavy atom. The zero-order valence-electron chi connectivity index (χ0n) is 17.2. The van der Waals surface area contributed by atoms with Crippen molar-refractivity contribution in [2.45, 2.75) is 25.2 Å². The summed E-state index contributed by atoms with van der Waals surface area (Å²) in [6.07, 6.45) is 4.76. The molecule has 0 atom stereocenters. The van der Waals surface area contributed by atoms with Crippen molar-refractivity contribution in [1.29, 1.82) is 0 Å². The van der Waals surface area contributed by atoms with Gasteiger partial charge in [0.2, 0.25) is 11.8 Å². The van der Waals surface area contributed by atoms with Gasteiger partial charge in [-0.05, 0) is 24.6 Å². The number of thiazole rings is 1. The summed E-state index contributed by atoms with van der Waals surface area (Å²) in [5.74, 6) is 0.242. The molecular weight excluding hydrogens is 468 g/mol. The minimum Gasteiger partial charge on any atom is -0.345 e. The minimum absolute atomic E-state index is 0.154. The highest BCUT2D eigenvalue weighted by atomic mass is 35.5. The summed E-state index contributed by atoms with van der Waals surface area (Å²) >= 11 is 8.72. The zero-order chi connectivity index (χ0) is 22.9. The Hall–Kier alpha value is -2.95. The van der Waals surface area contributed by atoms with Gasteiger partial charge < -0.3 is 15.2 Å². The van der Waals surface area contributed by atoms with Crippen LogP contribution in [0.25, 0.3) is 6.08 Å². The van der Waals surface area contributed by atoms with E-state index in [1.165, 1.54) is 29.2 Å². The van der Waals surface area contributed by atoms with Crippen LogP contribution < -0.4 is 10.6 Å². The molecule has 8 nitrogen and oxygen atoms in total. The van der Waals surface area contributed by atoms with E-state index < -0.39 is 0 Å². The highest BCUT2D eigenvalue weighted by Gasteiger charge is 2.14. The first kappa shape index (κ1) is 23.7. The fourth-order valence-corrected chi connectivity index (χ4v) is 4.24. The van der Waals surface area contributed by atoms with Crippen LogP contribution in [0.5, 0.6) is 0 Å². The number of benzene rings is 1. The van der Waals surface area contributed by atoms with Crippen molar-refractivity contribution in [3.05, 3.63) is 70.5 Å². The van der Waals surface area contributed by atoms with Crippen LogP contribution in [0.1, 0.15) is 17.1 Å². The summed E-state index contributed by atoms with van der Waals surface area (Å²) in [7, 11) is 0. The second-order valence-corrected chi connectivity index (χ2v) is 8.71. The predicted molar refractivity (Wildman–Crippen MR) is 129 cm³/mol. The molecule has 2 aromatic heterocycles. The topological polar surface area (TPSA) is 102 Å². The van der Waals surface area contributed by atoms with E-state index in [-0.39, 0.29) is 24.1 Å². The number of anilines is 1. The van der Waals surface area contributed by atoms with Crippen LogP contribution in [0.4, 0.5) is 5.13 Å². The summed E-state index contributed by atoms with van der Waals surface area (Å²) in [5.41, 5.74) is 1.61. The number of nitrogens with zero attached hydrogens (tertiary/aromatic N) is 4. The second-order valence-electron chi connectivity index (χ2n) is 6.50. The standard InChI is InChI=1S/C21H21ClN6O2S2/c1-3-10-28-17(11-23-18(29)9-8-15-6-4-5-7-16(15)22)26-27-21(28)32-13-19(30)25-20-24-14(2)12-31-20/h3-9,12H,1,10-11,13H2,2H3,(H,23,29)(H,24,25,30). The molecule has 0 unspecified atom stereocenters. The number of amides is 2. The van der Waals surface area contributed by atoms with Crippen LogP contribution in [-0.4, -0.2) is 37.3 Å². The number of aryl methyl sites for hydroxylation is 1. The van der Waals surface area contributed by atoms with E-state index in [4.69, 9.17) is 11.6 Å². The Kier molecular flexibility index (Phi) is 8.60. The molecule has 0 aliphatic rings. The first-order valence-electron chi connectivity index (χ1n) is 9.54. The normalized spacial score (nSPS) is 10.9. The maximum absolute atomic E-state index is 12.2. The average Bonchev–Trinajstić information content (AvgIpc) is 3.36. The third kappa shape index (κ3) is 6.78. The Bertz CT molecular complexity index is 1140. The largest absolute Gasteiger partial charge is 0.345 e. The van der Waals surface area contributed by atoms with Gasteiger partial charge in [-0.25, -0.2) is 4.98 Å². The summed E-state index contributed by atoms with van der Waals surface area (Å²) in [5, 5.41) is 17.4. The monoisotopic (exact) mass is 488 g/mol. The summed E-state index contributed by atoms with van der Waals surface area (Å²) < 4.78 is 1.80. The molecule has 0 fully saturated rings. The highest BCUT2D eigenvalue weighted by Crippen LogP contribution is 2.19. The van der Waals surface area contributed by atoms with E-state index in [9.17, 15) is 9.59 Å². The molecule has 0 bridgehead atoms. The van der Waals surface area contributed by atoms with Crippen molar-refractivity contribution in [2.75, 3.05) is 11.1 Å². The van der Waals surface area contributed by atoms with Gasteiger partial charge in [0.25, 0.3) is 0 Å². The van der Waals surface area contributed by atoms with Gasteiger partial charge in [0, 0.05) is 23.0 Å². The van der Waals surface area contributed by atoms with E-state index in [2.05, 4.69) is 32.4 Å². The zero-order valence-corrected chi connectivity index (χ0v) is 19.6. The SMILES string of the molecule is C=CCn1c(CNC(=O)C=Cc2ccccc2Cl)nnc1SCC(=O)Nc1nc(C)cs1. The van der Waals surface area contributed by atoms with Gasteiger partial charge in [0.15, 0.2) is 16.1 Å². The van der Waals surface area contributed by atoms with Crippen molar-refractivity contribution < 1.29 is 9.59 Å². The molecule has 11 heteroatoms. The number of carbonyl (C=O) groups excluding carboxylic acids is 2. The van der Waals surface area contributed by atoms with E-state index >= 15 is 0 Å². The van der Waals surface area contributed by atoms with E-state index in [1.807, 2.05) is 30.5 Å². The first-order chi connectivity index (χ1) is 15.5. The molecule has 2 N–H and O–H groups in total. The fraction of sp³-hybridized carbons (Fsp3) is 0.190. The van der Waals surface area contributed by atoms with Crippen molar-refractivity contribution >= 4 is 57.7 Å². The third-order valence-electron chi connectivity index (χ3n) is 4.04. The number of aromatic nitrogens is 4. The maximum Gasteiger partial charge on any atom is 0.244 e. The minimum atomic E-state index is -0.287. The maximum atomic E-state index is 12.2. The number of halogens is 1. The number of hydrogen-bond acceptors (Lipinski definition) is 7. The Balaban J connectivity index is 1.56. The van der Waals surface area contributed by atoms with Crippen molar-refractivity contribution in [2.24, 2.45) is 0 Å². The van der Waals surface area contributed by atoms with Gasteiger partial charge in [-0.15, -0.1) is 28.1 Å². The van der Waals surface area contributed by atoms with Crippen LogP contribution in [0, 0.1) is 6.92 Å². The molecular formula is C21H21ClN6O2S2. The number of rotatable bonds is 10. The number of thioether (sulfide) groups is 1. The molecule has 3 rings (SSSR count). The third-order valence-corrected chi connectivity index (χ3v) is 6.23. The Labute approximate surface area is 198 Å². The number of nitrogens with one attached hydrogen (secondary N) is 2. The molecule has 0 saturated heterocycles. The molecule has 0 spiro atoms. The molecule has 0 aliphatic heterocycles. The lowest BCUT2D eigenvalue weighted by atomic mass is 10.2. The summed E-state index contributed by atoms with van der Waals surface area (Å²) in [4.78, 5) is 28.6. The van der Waals surface area contributed by atoms with Crippen LogP contribution >= 0.6 is 34.7 Å². The smallest absolute Gasteiger partial charge is 0.244 e. The molecule has 1 aromatic carbocycles. The first-order valence-corrected chi connectivity index (χ1v) is 11.8. The molecule has 0 aliphatic carbocycles. The van der Waals surface area contributed by atoms with E-state index in [0.29, 0.717) is 27.7 Å². The van der Waals surface area contributed by atoms with Gasteiger partial charge in [-0.1, -0.05) is 47.6 Å². The molecule has 32 heavy (non-hydrogen) atoms. The van der Waals surface area contributed by atoms with Gasteiger partial charge >= 0.3 is 0 Å². The predicted octanol–water partition coefficient (Wildman–Crippen LogP) is 3.94. The number of allylic oxidation sites excluding steroid dienone is 1. The fourth-order valence-electron chi connectivity index (χ4n) is 2.57. The van der Waals surface area contributed by atoms with Gasteiger partial charge in [-0.3, -0.25) is 9.59 Å². The van der Waals surface area contributed by atoms with Crippen molar-refractivity contribution in [1.82, 2.24) is 25.1 Å². The van der Waals surface area contributed by atoms with E-state index in [1.54, 1.807) is 22.8 Å². The number of hydrogen-bond donors (Lipinski definition) is 2. The van der Waals surface area contributed by atoms with Crippen LogP contribution in [0.3, 0.4) is 0 Å². The van der Waals surface area contributed by atoms with Gasteiger partial charge in [0.05, 0.1) is 18.0 Å². The van der Waals surface area contributed by atoms with Crippen LogP contribution in [0.15, 0.2) is 53.5 Å². The Morgan fingerprint density at radius 2 is 2.12 bits per heavy atom. The highest BCUT2D eigenvalue weighted by molar-refractivity contribution is 7.99. The molecule has 3 aromatic rings. The van der Waals surface area contributed by atoms with Crippen LogP contribution in [-0.2, 0) is 22.7 Å². The van der Waals surface area contributed by atoms with E-state index in [0.717, 1.165) is 11.3 Å². The molecule has 2 heterocycles. The lowest BCUT2D eigenvalue weighted by Crippen LogP contribution is -2.23. The molecule has 0 radical (unpaired) electrons. The molecule has 2 amide bonds. The van der Waals surface area contributed by atoms with Crippen molar-refractivity contribution in [3.63, 3.8) is 0 Å². The number of carbonyl (C=O) groups is 2. The van der Waals surface area contributed by atoms with Crippen LogP contribution in [0.2, 0.25) is 5.02 Å². The Morgan fingerprint density at radius 1 is 1.31 bits per heavy atom.